The van der Waals surface area contributed by atoms with Gasteiger partial charge in [0.15, 0.2) is 5.75 Å². The van der Waals surface area contributed by atoms with Crippen molar-refractivity contribution in [3.8, 4) is 17.2 Å². The molecule has 0 saturated heterocycles. The quantitative estimate of drug-likeness (QED) is 0.872. The molecule has 18 heavy (non-hydrogen) atoms. The van der Waals surface area contributed by atoms with Gasteiger partial charge in [-0.2, -0.15) is 0 Å². The molecule has 5 heteroatoms. The Morgan fingerprint density at radius 2 is 1.89 bits per heavy atom. The maximum absolute atomic E-state index is 13.1. The number of rotatable bonds is 3. The molecular formula is C13H11BrFNO2. The number of nitrogen functional groups attached to an aromatic ring is 1. The third kappa shape index (κ3) is 2.56. The number of halogens is 2. The fourth-order valence-corrected chi connectivity index (χ4v) is 1.82. The first-order valence-corrected chi connectivity index (χ1v) is 5.96. The lowest BCUT2D eigenvalue weighted by Gasteiger charge is -2.11. The summed E-state index contributed by atoms with van der Waals surface area (Å²) in [5.41, 5.74) is 6.28. The summed E-state index contributed by atoms with van der Waals surface area (Å²) in [5, 5.41) is 0. The van der Waals surface area contributed by atoms with Crippen molar-refractivity contribution in [2.24, 2.45) is 0 Å². The zero-order valence-electron chi connectivity index (χ0n) is 9.61. The van der Waals surface area contributed by atoms with E-state index < -0.39 is 0 Å². The first-order chi connectivity index (χ1) is 8.61. The molecule has 94 valence electrons. The number of ether oxygens (including phenoxy) is 2. The van der Waals surface area contributed by atoms with Gasteiger partial charge in [-0.15, -0.1) is 0 Å². The highest BCUT2D eigenvalue weighted by Crippen LogP contribution is 2.35. The number of anilines is 1. The van der Waals surface area contributed by atoms with Crippen molar-refractivity contribution in [2.75, 3.05) is 12.8 Å². The fraction of sp³-hybridized carbons (Fsp3) is 0.0769. The van der Waals surface area contributed by atoms with Gasteiger partial charge in [0.25, 0.3) is 0 Å². The van der Waals surface area contributed by atoms with Gasteiger partial charge in [-0.3, -0.25) is 0 Å². The second-order valence-electron chi connectivity index (χ2n) is 3.55. The maximum atomic E-state index is 13.1. The van der Waals surface area contributed by atoms with Gasteiger partial charge >= 0.3 is 0 Å². The van der Waals surface area contributed by atoms with Crippen LogP contribution in [0, 0.1) is 5.82 Å². The van der Waals surface area contributed by atoms with Crippen molar-refractivity contribution in [2.45, 2.75) is 0 Å². The Bertz CT molecular complexity index is 575. The van der Waals surface area contributed by atoms with Crippen LogP contribution in [0.3, 0.4) is 0 Å². The zero-order valence-corrected chi connectivity index (χ0v) is 11.2. The van der Waals surface area contributed by atoms with Crippen LogP contribution in [-0.4, -0.2) is 7.11 Å². The Morgan fingerprint density at radius 3 is 2.56 bits per heavy atom. The number of para-hydroxylation sites is 1. The minimum atomic E-state index is -0.346. The maximum Gasteiger partial charge on any atom is 0.154 e. The molecule has 0 spiro atoms. The third-order valence-electron chi connectivity index (χ3n) is 2.36. The van der Waals surface area contributed by atoms with Crippen LogP contribution in [0.5, 0.6) is 17.2 Å². The predicted molar refractivity (Wildman–Crippen MR) is 71.6 cm³/mol. The summed E-state index contributed by atoms with van der Waals surface area (Å²) in [6.07, 6.45) is 0. The highest BCUT2D eigenvalue weighted by Gasteiger charge is 2.08. The van der Waals surface area contributed by atoms with Crippen molar-refractivity contribution < 1.29 is 13.9 Å². The van der Waals surface area contributed by atoms with Crippen molar-refractivity contribution in [3.05, 3.63) is 46.7 Å². The molecule has 0 atom stereocenters. The first kappa shape index (κ1) is 12.7. The molecule has 0 saturated carbocycles. The number of hydrogen-bond donors (Lipinski definition) is 1. The average Bonchev–Trinajstić information content (AvgIpc) is 2.36. The minimum absolute atomic E-state index is 0.335. The van der Waals surface area contributed by atoms with E-state index in [0.29, 0.717) is 27.4 Å². The molecule has 0 aliphatic carbocycles. The second kappa shape index (κ2) is 5.27. The Labute approximate surface area is 112 Å². The van der Waals surface area contributed by atoms with Gasteiger partial charge in [-0.05, 0) is 46.3 Å². The zero-order chi connectivity index (χ0) is 13.1. The van der Waals surface area contributed by atoms with Gasteiger partial charge in [0.1, 0.15) is 23.0 Å². The molecule has 2 aromatic carbocycles. The smallest absolute Gasteiger partial charge is 0.154 e. The molecule has 0 fully saturated rings. The van der Waals surface area contributed by atoms with Crippen molar-refractivity contribution >= 4 is 21.6 Å². The highest BCUT2D eigenvalue weighted by molar-refractivity contribution is 9.10. The summed E-state index contributed by atoms with van der Waals surface area (Å²) < 4.78 is 24.1. The molecule has 0 bridgehead atoms. The SMILES string of the molecule is COc1cccc(Oc2ccc(F)c(Br)c2)c1N. The van der Waals surface area contributed by atoms with E-state index in [0.717, 1.165) is 0 Å². The van der Waals surface area contributed by atoms with Gasteiger partial charge in [0.2, 0.25) is 0 Å². The van der Waals surface area contributed by atoms with E-state index in [9.17, 15) is 4.39 Å². The number of methoxy groups -OCH3 is 1. The van der Waals surface area contributed by atoms with Crippen LogP contribution in [0.25, 0.3) is 0 Å². The summed E-state index contributed by atoms with van der Waals surface area (Å²) >= 11 is 3.10. The molecule has 0 aliphatic heterocycles. The van der Waals surface area contributed by atoms with Gasteiger partial charge in [0, 0.05) is 0 Å². The molecular weight excluding hydrogens is 301 g/mol. The van der Waals surface area contributed by atoms with E-state index in [2.05, 4.69) is 15.9 Å². The van der Waals surface area contributed by atoms with Crippen LogP contribution in [0.2, 0.25) is 0 Å². The largest absolute Gasteiger partial charge is 0.494 e. The molecule has 2 N–H and O–H groups in total. The molecule has 0 radical (unpaired) electrons. The van der Waals surface area contributed by atoms with Gasteiger partial charge in [-0.1, -0.05) is 6.07 Å². The van der Waals surface area contributed by atoms with Gasteiger partial charge in [-0.25, -0.2) is 4.39 Å². The molecule has 0 amide bonds. The van der Waals surface area contributed by atoms with E-state index in [1.165, 1.54) is 25.3 Å². The highest BCUT2D eigenvalue weighted by atomic mass is 79.9. The van der Waals surface area contributed by atoms with Crippen molar-refractivity contribution in [1.29, 1.82) is 0 Å². The number of benzene rings is 2. The standard InChI is InChI=1S/C13H11BrFNO2/c1-17-11-3-2-4-12(13(11)16)18-8-5-6-10(15)9(14)7-8/h2-7H,16H2,1H3. The van der Waals surface area contributed by atoms with E-state index in [-0.39, 0.29) is 5.82 Å². The first-order valence-electron chi connectivity index (χ1n) is 5.17. The van der Waals surface area contributed by atoms with Crippen LogP contribution in [-0.2, 0) is 0 Å². The summed E-state index contributed by atoms with van der Waals surface area (Å²) in [7, 11) is 1.53. The third-order valence-corrected chi connectivity index (χ3v) is 2.97. The summed E-state index contributed by atoms with van der Waals surface area (Å²) in [6.45, 7) is 0. The van der Waals surface area contributed by atoms with Crippen LogP contribution < -0.4 is 15.2 Å². The topological polar surface area (TPSA) is 44.5 Å². The van der Waals surface area contributed by atoms with E-state index in [1.807, 2.05) is 0 Å². The van der Waals surface area contributed by atoms with Gasteiger partial charge in [0.05, 0.1) is 11.6 Å². The van der Waals surface area contributed by atoms with Crippen LogP contribution in [0.4, 0.5) is 10.1 Å². The van der Waals surface area contributed by atoms with E-state index in [4.69, 9.17) is 15.2 Å². The van der Waals surface area contributed by atoms with Crippen LogP contribution >= 0.6 is 15.9 Å². The Kier molecular flexibility index (Phi) is 3.72. The van der Waals surface area contributed by atoms with Crippen LogP contribution in [0.1, 0.15) is 0 Å². The summed E-state index contributed by atoms with van der Waals surface area (Å²) in [4.78, 5) is 0. The molecule has 0 unspecified atom stereocenters. The van der Waals surface area contributed by atoms with Gasteiger partial charge < -0.3 is 15.2 Å². The number of hydrogen-bond acceptors (Lipinski definition) is 3. The molecule has 0 heterocycles. The normalized spacial score (nSPS) is 10.2. The van der Waals surface area contributed by atoms with Crippen molar-refractivity contribution in [1.82, 2.24) is 0 Å². The fourth-order valence-electron chi connectivity index (χ4n) is 1.46. The lowest BCUT2D eigenvalue weighted by Crippen LogP contribution is -1.96. The molecule has 0 aliphatic rings. The molecule has 2 rings (SSSR count). The van der Waals surface area contributed by atoms with E-state index in [1.54, 1.807) is 18.2 Å². The Morgan fingerprint density at radius 1 is 1.17 bits per heavy atom. The lowest BCUT2D eigenvalue weighted by molar-refractivity contribution is 0.412. The lowest BCUT2D eigenvalue weighted by atomic mass is 10.2. The molecule has 2 aromatic rings. The second-order valence-corrected chi connectivity index (χ2v) is 4.40. The van der Waals surface area contributed by atoms with Crippen LogP contribution in [0.15, 0.2) is 40.9 Å². The van der Waals surface area contributed by atoms with E-state index >= 15 is 0 Å². The summed E-state index contributed by atoms with van der Waals surface area (Å²) in [6, 6.07) is 9.60. The molecule has 0 aromatic heterocycles. The Balaban J connectivity index is 2.31. The monoisotopic (exact) mass is 311 g/mol. The Hall–Kier alpha value is -1.75. The predicted octanol–water partition coefficient (Wildman–Crippen LogP) is 3.97. The van der Waals surface area contributed by atoms with Crippen molar-refractivity contribution in [3.63, 3.8) is 0 Å². The average molecular weight is 312 g/mol. The minimum Gasteiger partial charge on any atom is -0.494 e. The summed E-state index contributed by atoms with van der Waals surface area (Å²) in [5.74, 6) is 1.14. The molecule has 3 nitrogen and oxygen atoms in total. The number of nitrogens with two attached hydrogens (primary N) is 1.